The van der Waals surface area contributed by atoms with Crippen LogP contribution in [0.3, 0.4) is 0 Å². The zero-order chi connectivity index (χ0) is 17.3. The van der Waals surface area contributed by atoms with Crippen molar-refractivity contribution < 1.29 is 14.7 Å². The van der Waals surface area contributed by atoms with Crippen molar-refractivity contribution in [3.05, 3.63) is 70.2 Å². The molecule has 1 fully saturated rings. The molecule has 1 heterocycles. The molecule has 2 aromatic rings. The normalized spacial score (nSPS) is 20.2. The van der Waals surface area contributed by atoms with Crippen molar-refractivity contribution in [2.45, 2.75) is 12.8 Å². The highest BCUT2D eigenvalue weighted by molar-refractivity contribution is 6.31. The highest BCUT2D eigenvalue weighted by atomic mass is 35.5. The molecule has 1 aliphatic rings. The van der Waals surface area contributed by atoms with E-state index < -0.39 is 11.9 Å². The molecule has 5 heteroatoms. The minimum Gasteiger partial charge on any atom is -0.481 e. The second-order valence-electron chi connectivity index (χ2n) is 6.08. The summed E-state index contributed by atoms with van der Waals surface area (Å²) in [5.41, 5.74) is 2.20. The molecule has 124 valence electrons. The number of carbonyl (C=O) groups is 2. The van der Waals surface area contributed by atoms with Crippen LogP contribution in [0, 0.1) is 12.8 Å². The number of amides is 1. The van der Waals surface area contributed by atoms with Crippen molar-refractivity contribution in [1.29, 1.82) is 0 Å². The summed E-state index contributed by atoms with van der Waals surface area (Å²) in [6.45, 7) is 2.40. The number of halogens is 1. The smallest absolute Gasteiger partial charge is 0.308 e. The van der Waals surface area contributed by atoms with Gasteiger partial charge in [-0.3, -0.25) is 9.59 Å². The van der Waals surface area contributed by atoms with E-state index in [9.17, 15) is 14.7 Å². The van der Waals surface area contributed by atoms with Gasteiger partial charge in [0.1, 0.15) is 0 Å². The Labute approximate surface area is 145 Å². The molecule has 2 unspecified atom stereocenters. The van der Waals surface area contributed by atoms with Crippen LogP contribution in [0.1, 0.15) is 27.4 Å². The molecule has 3 rings (SSSR count). The Bertz CT molecular complexity index is 775. The van der Waals surface area contributed by atoms with Gasteiger partial charge in [-0.15, -0.1) is 0 Å². The quantitative estimate of drug-likeness (QED) is 0.926. The topological polar surface area (TPSA) is 57.6 Å². The average molecular weight is 344 g/mol. The lowest BCUT2D eigenvalue weighted by Crippen LogP contribution is -2.30. The van der Waals surface area contributed by atoms with Gasteiger partial charge >= 0.3 is 5.97 Å². The first-order chi connectivity index (χ1) is 11.5. The lowest BCUT2D eigenvalue weighted by Gasteiger charge is -2.18. The molecule has 1 aliphatic heterocycles. The molecule has 4 nitrogen and oxygen atoms in total. The summed E-state index contributed by atoms with van der Waals surface area (Å²) in [4.78, 5) is 26.1. The Kier molecular flexibility index (Phi) is 4.58. The van der Waals surface area contributed by atoms with Crippen molar-refractivity contribution >= 4 is 23.5 Å². The fourth-order valence-corrected chi connectivity index (χ4v) is 3.44. The number of benzene rings is 2. The molecule has 0 aromatic heterocycles. The maximum atomic E-state index is 12.8. The van der Waals surface area contributed by atoms with Crippen LogP contribution in [-0.2, 0) is 4.79 Å². The number of nitrogens with zero attached hydrogens (tertiary/aromatic N) is 1. The van der Waals surface area contributed by atoms with Gasteiger partial charge in [-0.25, -0.2) is 0 Å². The number of aliphatic carboxylic acids is 1. The number of hydrogen-bond acceptors (Lipinski definition) is 2. The number of carboxylic acid groups (broad SMARTS) is 1. The van der Waals surface area contributed by atoms with E-state index in [1.165, 1.54) is 0 Å². The summed E-state index contributed by atoms with van der Waals surface area (Å²) < 4.78 is 0. The Morgan fingerprint density at radius 3 is 2.46 bits per heavy atom. The van der Waals surface area contributed by atoms with Gasteiger partial charge in [0, 0.05) is 29.6 Å². The molecule has 2 aromatic carbocycles. The Balaban J connectivity index is 1.89. The monoisotopic (exact) mass is 343 g/mol. The summed E-state index contributed by atoms with van der Waals surface area (Å²) in [7, 11) is 0. The van der Waals surface area contributed by atoms with Gasteiger partial charge in [0.25, 0.3) is 5.91 Å². The minimum absolute atomic E-state index is 0.167. The second kappa shape index (κ2) is 6.65. The van der Waals surface area contributed by atoms with E-state index in [1.807, 2.05) is 30.3 Å². The molecular weight excluding hydrogens is 326 g/mol. The van der Waals surface area contributed by atoms with E-state index in [1.54, 1.807) is 30.0 Å². The first kappa shape index (κ1) is 16.5. The van der Waals surface area contributed by atoms with Gasteiger partial charge in [-0.05, 0) is 30.2 Å². The highest BCUT2D eigenvalue weighted by Gasteiger charge is 2.40. The number of rotatable bonds is 3. The predicted molar refractivity (Wildman–Crippen MR) is 92.4 cm³/mol. The number of hydrogen-bond donors (Lipinski definition) is 1. The van der Waals surface area contributed by atoms with E-state index in [0.717, 1.165) is 11.1 Å². The molecule has 24 heavy (non-hydrogen) atoms. The van der Waals surface area contributed by atoms with E-state index in [4.69, 9.17) is 11.6 Å². The fraction of sp³-hybridized carbons (Fsp3) is 0.263. The fourth-order valence-electron chi connectivity index (χ4n) is 3.27. The average Bonchev–Trinajstić information content (AvgIpc) is 3.03. The Hall–Kier alpha value is -2.33. The van der Waals surface area contributed by atoms with Gasteiger partial charge in [0.05, 0.1) is 5.92 Å². The van der Waals surface area contributed by atoms with Crippen molar-refractivity contribution in [3.8, 4) is 0 Å². The molecule has 0 radical (unpaired) electrons. The first-order valence-electron chi connectivity index (χ1n) is 7.81. The number of likely N-dealkylation sites (tertiary alicyclic amines) is 1. The second-order valence-corrected chi connectivity index (χ2v) is 6.49. The van der Waals surface area contributed by atoms with Crippen LogP contribution in [0.5, 0.6) is 0 Å². The Morgan fingerprint density at radius 1 is 1.08 bits per heavy atom. The maximum Gasteiger partial charge on any atom is 0.308 e. The van der Waals surface area contributed by atoms with E-state index >= 15 is 0 Å². The van der Waals surface area contributed by atoms with Crippen LogP contribution < -0.4 is 0 Å². The van der Waals surface area contributed by atoms with Gasteiger partial charge in [-0.2, -0.15) is 0 Å². The third-order valence-corrected chi connectivity index (χ3v) is 5.06. The maximum absolute atomic E-state index is 12.8. The Morgan fingerprint density at radius 2 is 1.79 bits per heavy atom. The number of carboxylic acids is 1. The van der Waals surface area contributed by atoms with Crippen LogP contribution in [0.15, 0.2) is 48.5 Å². The summed E-state index contributed by atoms with van der Waals surface area (Å²) in [5, 5.41) is 10.1. The van der Waals surface area contributed by atoms with Gasteiger partial charge < -0.3 is 10.0 Å². The summed E-state index contributed by atoms with van der Waals surface area (Å²) in [6, 6.07) is 14.7. The first-order valence-corrected chi connectivity index (χ1v) is 8.19. The van der Waals surface area contributed by atoms with Crippen molar-refractivity contribution in [2.24, 2.45) is 5.92 Å². The summed E-state index contributed by atoms with van der Waals surface area (Å²) >= 11 is 6.10. The van der Waals surface area contributed by atoms with Gasteiger partial charge in [0.15, 0.2) is 0 Å². The largest absolute Gasteiger partial charge is 0.481 e. The summed E-state index contributed by atoms with van der Waals surface area (Å²) in [6.07, 6.45) is 0. The van der Waals surface area contributed by atoms with Gasteiger partial charge in [0.2, 0.25) is 0 Å². The number of carbonyl (C=O) groups excluding carboxylic acids is 1. The zero-order valence-electron chi connectivity index (χ0n) is 13.3. The molecule has 1 amide bonds. The standard InChI is InChI=1S/C19H18ClNO3/c1-12-14(8-5-9-17(12)20)18(22)21-10-15(16(11-21)19(23)24)13-6-3-2-4-7-13/h2-9,15-16H,10-11H2,1H3,(H,23,24). The van der Waals surface area contributed by atoms with E-state index in [0.29, 0.717) is 17.1 Å². The van der Waals surface area contributed by atoms with Crippen LogP contribution in [0.2, 0.25) is 5.02 Å². The third kappa shape index (κ3) is 3.02. The van der Waals surface area contributed by atoms with E-state index in [2.05, 4.69) is 0 Å². The van der Waals surface area contributed by atoms with Crippen molar-refractivity contribution in [2.75, 3.05) is 13.1 Å². The molecule has 0 spiro atoms. The molecule has 0 aliphatic carbocycles. The third-order valence-electron chi connectivity index (χ3n) is 4.65. The SMILES string of the molecule is Cc1c(Cl)cccc1C(=O)N1CC(C(=O)O)C(c2ccccc2)C1. The van der Waals surface area contributed by atoms with Crippen molar-refractivity contribution in [1.82, 2.24) is 4.90 Å². The lowest BCUT2D eigenvalue weighted by molar-refractivity contribution is -0.141. The minimum atomic E-state index is -0.873. The summed E-state index contributed by atoms with van der Waals surface area (Å²) in [5.74, 6) is -1.84. The van der Waals surface area contributed by atoms with Crippen molar-refractivity contribution in [3.63, 3.8) is 0 Å². The van der Waals surface area contributed by atoms with Crippen LogP contribution in [0.25, 0.3) is 0 Å². The van der Waals surface area contributed by atoms with Crippen LogP contribution in [0.4, 0.5) is 0 Å². The molecule has 2 atom stereocenters. The molecule has 1 N–H and O–H groups in total. The molecule has 0 bridgehead atoms. The molecule has 1 saturated heterocycles. The van der Waals surface area contributed by atoms with E-state index in [-0.39, 0.29) is 18.4 Å². The van der Waals surface area contributed by atoms with Crippen LogP contribution in [-0.4, -0.2) is 35.0 Å². The molecular formula is C19H18ClNO3. The highest BCUT2D eigenvalue weighted by Crippen LogP contribution is 2.34. The van der Waals surface area contributed by atoms with Crippen LogP contribution >= 0.6 is 11.6 Å². The lowest BCUT2D eigenvalue weighted by atomic mass is 9.89. The van der Waals surface area contributed by atoms with Gasteiger partial charge in [-0.1, -0.05) is 48.0 Å². The molecule has 0 saturated carbocycles. The predicted octanol–water partition coefficient (Wildman–Crippen LogP) is 3.59. The zero-order valence-corrected chi connectivity index (χ0v) is 14.0.